The standard InChI is InChI=1S/C22H26F3N3O6S/c1-21(2,3)35(33)27-16(12-5-4-6-13(23)11-12)22(24,25)17(29)15-18(30)26-20(32)28(19(15)31)14-7-9-34-10-8-14/h4-6,11,14-16,27H,7-10H2,1-3H3,(H,26,30,32)/t15-,16-,35?/m0/s1. The molecule has 1 unspecified atom stereocenters. The summed E-state index contributed by atoms with van der Waals surface area (Å²) in [5, 5.41) is 1.80. The molecule has 0 radical (unpaired) electrons. The third-order valence-electron chi connectivity index (χ3n) is 5.67. The number of imide groups is 2. The minimum Gasteiger partial charge on any atom is -0.598 e. The lowest BCUT2D eigenvalue weighted by Gasteiger charge is -2.38. The molecular weight excluding hydrogens is 491 g/mol. The van der Waals surface area contributed by atoms with Crippen molar-refractivity contribution in [1.29, 1.82) is 0 Å². The molecule has 2 heterocycles. The highest BCUT2D eigenvalue weighted by molar-refractivity contribution is 7.90. The summed E-state index contributed by atoms with van der Waals surface area (Å²) in [6, 6.07) is -0.213. The number of ether oxygens (including phenoxy) is 1. The number of carbonyl (C=O) groups excluding carboxylic acids is 4. The third kappa shape index (κ3) is 5.68. The van der Waals surface area contributed by atoms with E-state index in [2.05, 4.69) is 4.72 Å². The molecule has 0 bridgehead atoms. The number of urea groups is 1. The second-order valence-corrected chi connectivity index (χ2v) is 11.3. The lowest BCUT2D eigenvalue weighted by molar-refractivity contribution is -0.162. The predicted octanol–water partition coefficient (Wildman–Crippen LogP) is 2.00. The van der Waals surface area contributed by atoms with Crippen LogP contribution in [0.1, 0.15) is 45.2 Å². The van der Waals surface area contributed by atoms with Crippen LogP contribution in [0.5, 0.6) is 0 Å². The average molecular weight is 518 g/mol. The van der Waals surface area contributed by atoms with Crippen LogP contribution >= 0.6 is 0 Å². The van der Waals surface area contributed by atoms with Crippen LogP contribution < -0.4 is 10.0 Å². The minimum absolute atomic E-state index is 0.203. The maximum Gasteiger partial charge on any atom is 0.331 e. The highest BCUT2D eigenvalue weighted by Crippen LogP contribution is 2.38. The van der Waals surface area contributed by atoms with Crippen molar-refractivity contribution in [3.8, 4) is 0 Å². The fourth-order valence-electron chi connectivity index (χ4n) is 3.77. The number of nitrogens with one attached hydrogen (secondary N) is 2. The molecule has 4 amide bonds. The van der Waals surface area contributed by atoms with Crippen LogP contribution in [0, 0.1) is 11.7 Å². The first-order valence-corrected chi connectivity index (χ1v) is 12.0. The highest BCUT2D eigenvalue weighted by Gasteiger charge is 2.59. The molecule has 1 aromatic rings. The van der Waals surface area contributed by atoms with Gasteiger partial charge >= 0.3 is 12.0 Å². The first-order valence-electron chi connectivity index (χ1n) is 10.9. The molecule has 13 heteroatoms. The number of hydrogen-bond donors (Lipinski definition) is 2. The SMILES string of the molecule is CC(C)(C)[S+]([O-])N[C@@H](c1cccc(F)c1)C(F)(F)C(=O)[C@H]1C(=O)NC(=O)N(C2CCOCC2)C1=O. The van der Waals surface area contributed by atoms with Gasteiger partial charge in [0.05, 0.1) is 0 Å². The summed E-state index contributed by atoms with van der Waals surface area (Å²) in [5.41, 5.74) is -0.415. The Morgan fingerprint density at radius 2 is 1.86 bits per heavy atom. The molecule has 1 aromatic carbocycles. The summed E-state index contributed by atoms with van der Waals surface area (Å²) < 4.78 is 64.3. The van der Waals surface area contributed by atoms with Gasteiger partial charge < -0.3 is 9.29 Å². The van der Waals surface area contributed by atoms with Gasteiger partial charge in [0.25, 0.3) is 5.91 Å². The third-order valence-corrected chi connectivity index (χ3v) is 7.23. The van der Waals surface area contributed by atoms with Crippen molar-refractivity contribution >= 4 is 35.0 Å². The van der Waals surface area contributed by atoms with Crippen molar-refractivity contribution in [2.24, 2.45) is 5.92 Å². The Hall–Kier alpha value is -2.48. The number of halogens is 3. The van der Waals surface area contributed by atoms with Crippen LogP contribution in [0.4, 0.5) is 18.0 Å². The maximum absolute atomic E-state index is 15.7. The Bertz CT molecular complexity index is 1010. The summed E-state index contributed by atoms with van der Waals surface area (Å²) >= 11 is -2.15. The zero-order valence-corrected chi connectivity index (χ0v) is 20.1. The molecular formula is C22H26F3N3O6S. The molecule has 0 spiro atoms. The highest BCUT2D eigenvalue weighted by atomic mass is 32.2. The van der Waals surface area contributed by atoms with Crippen molar-refractivity contribution in [3.63, 3.8) is 0 Å². The van der Waals surface area contributed by atoms with E-state index >= 15 is 8.78 Å². The van der Waals surface area contributed by atoms with Crippen LogP contribution in [-0.4, -0.2) is 63.0 Å². The molecule has 0 aliphatic carbocycles. The predicted molar refractivity (Wildman–Crippen MR) is 118 cm³/mol. The fourth-order valence-corrected chi connectivity index (χ4v) is 4.62. The van der Waals surface area contributed by atoms with E-state index in [1.807, 2.05) is 0 Å². The number of hydrogen-bond acceptors (Lipinski definition) is 7. The van der Waals surface area contributed by atoms with Gasteiger partial charge in [-0.1, -0.05) is 12.1 Å². The normalized spacial score (nSPS) is 22.1. The van der Waals surface area contributed by atoms with E-state index in [0.717, 1.165) is 24.3 Å². The van der Waals surface area contributed by atoms with Crippen molar-refractivity contribution in [1.82, 2.24) is 14.9 Å². The van der Waals surface area contributed by atoms with Gasteiger partial charge in [-0.15, -0.1) is 4.72 Å². The molecule has 2 aliphatic heterocycles. The van der Waals surface area contributed by atoms with Crippen LogP contribution in [-0.2, 0) is 30.5 Å². The topological polar surface area (TPSA) is 128 Å². The van der Waals surface area contributed by atoms with Gasteiger partial charge in [0, 0.05) is 30.6 Å². The Labute approximate surface area is 203 Å². The number of barbiturate groups is 1. The van der Waals surface area contributed by atoms with Gasteiger partial charge in [0.2, 0.25) is 11.7 Å². The Kier molecular flexibility index (Phi) is 7.94. The fraction of sp³-hybridized carbons (Fsp3) is 0.545. The molecule has 2 N–H and O–H groups in total. The van der Waals surface area contributed by atoms with E-state index in [4.69, 9.17) is 4.74 Å². The lowest BCUT2D eigenvalue weighted by atomic mass is 9.88. The summed E-state index contributed by atoms with van der Waals surface area (Å²) in [4.78, 5) is 51.5. The number of ketones is 1. The molecule has 192 valence electrons. The van der Waals surface area contributed by atoms with E-state index in [-0.39, 0.29) is 26.1 Å². The first kappa shape index (κ1) is 27.1. The van der Waals surface area contributed by atoms with Crippen molar-refractivity contribution < 1.29 is 41.6 Å². The van der Waals surface area contributed by atoms with E-state index in [9.17, 15) is 28.1 Å². The molecule has 3 rings (SSSR count). The van der Waals surface area contributed by atoms with Crippen molar-refractivity contribution in [2.45, 2.75) is 56.4 Å². The van der Waals surface area contributed by atoms with E-state index in [1.165, 1.54) is 20.8 Å². The van der Waals surface area contributed by atoms with Gasteiger partial charge in [-0.2, -0.15) is 8.78 Å². The average Bonchev–Trinajstić information content (AvgIpc) is 2.76. The number of rotatable bonds is 7. The summed E-state index contributed by atoms with van der Waals surface area (Å²) in [6.45, 7) is 4.89. The van der Waals surface area contributed by atoms with E-state index in [1.54, 1.807) is 5.32 Å². The number of amides is 4. The Morgan fingerprint density at radius 1 is 1.23 bits per heavy atom. The van der Waals surface area contributed by atoms with Gasteiger partial charge in [0.1, 0.15) is 16.6 Å². The second-order valence-electron chi connectivity index (χ2n) is 9.25. The molecule has 9 nitrogen and oxygen atoms in total. The Morgan fingerprint density at radius 3 is 2.43 bits per heavy atom. The van der Waals surface area contributed by atoms with Crippen LogP contribution in [0.2, 0.25) is 0 Å². The largest absolute Gasteiger partial charge is 0.598 e. The molecule has 2 saturated heterocycles. The van der Waals surface area contributed by atoms with Gasteiger partial charge in [-0.25, -0.2) is 9.18 Å². The minimum atomic E-state index is -4.49. The number of benzene rings is 1. The number of carbonyl (C=O) groups is 4. The quantitative estimate of drug-likeness (QED) is 0.418. The van der Waals surface area contributed by atoms with Gasteiger partial charge in [0.15, 0.2) is 5.92 Å². The zero-order chi connectivity index (χ0) is 26.1. The van der Waals surface area contributed by atoms with E-state index in [0.29, 0.717) is 4.90 Å². The van der Waals surface area contributed by atoms with Crippen LogP contribution in [0.3, 0.4) is 0 Å². The van der Waals surface area contributed by atoms with Crippen molar-refractivity contribution in [2.75, 3.05) is 13.2 Å². The number of alkyl halides is 2. The van der Waals surface area contributed by atoms with Gasteiger partial charge in [-0.3, -0.25) is 24.6 Å². The molecule has 0 saturated carbocycles. The molecule has 35 heavy (non-hydrogen) atoms. The smallest absolute Gasteiger partial charge is 0.331 e. The molecule has 0 aromatic heterocycles. The lowest BCUT2D eigenvalue weighted by Crippen LogP contribution is -2.65. The van der Waals surface area contributed by atoms with Crippen LogP contribution in [0.15, 0.2) is 24.3 Å². The van der Waals surface area contributed by atoms with Crippen LogP contribution in [0.25, 0.3) is 0 Å². The second kappa shape index (κ2) is 10.2. The maximum atomic E-state index is 15.7. The number of nitrogens with zero attached hydrogens (tertiary/aromatic N) is 1. The van der Waals surface area contributed by atoms with Gasteiger partial charge in [-0.05, 0) is 51.3 Å². The summed E-state index contributed by atoms with van der Waals surface area (Å²) in [6.07, 6.45) is 0.422. The molecule has 2 aliphatic rings. The van der Waals surface area contributed by atoms with E-state index < -0.39 is 75.0 Å². The monoisotopic (exact) mass is 517 g/mol. The first-order chi connectivity index (χ1) is 16.2. The summed E-state index contributed by atoms with van der Waals surface area (Å²) in [5.74, 6) is -12.9. The van der Waals surface area contributed by atoms with Crippen molar-refractivity contribution in [3.05, 3.63) is 35.6 Å². The zero-order valence-electron chi connectivity index (χ0n) is 19.3. The molecule has 3 atom stereocenters. The molecule has 2 fully saturated rings. The summed E-state index contributed by atoms with van der Waals surface area (Å²) in [7, 11) is 0. The Balaban J connectivity index is 1.98. The number of Topliss-reactive ketones (excluding diaryl/α,β-unsaturated/α-hetero) is 1.